The van der Waals surface area contributed by atoms with Crippen molar-refractivity contribution in [1.29, 1.82) is 0 Å². The van der Waals surface area contributed by atoms with Gasteiger partial charge in [0.15, 0.2) is 5.13 Å². The molecule has 6 nitrogen and oxygen atoms in total. The standard InChI is InChI=1S/C14H17ClN4O2S/c1-8(2)5-11(13(21)19-14-16-3-4-22-14)18-12(20)10-6-9(15)7-17-10/h3-4,6-8,11,17H,5H2,1-2H3,(H,18,20)(H,16,19,21)/t11-/m1/s1. The van der Waals surface area contributed by atoms with Crippen LogP contribution in [0.1, 0.15) is 30.8 Å². The van der Waals surface area contributed by atoms with Crippen molar-refractivity contribution in [2.24, 2.45) is 5.92 Å². The molecule has 0 spiro atoms. The lowest BCUT2D eigenvalue weighted by Crippen LogP contribution is -2.44. The monoisotopic (exact) mass is 340 g/mol. The molecule has 0 aliphatic heterocycles. The number of H-pyrrole nitrogens is 1. The van der Waals surface area contributed by atoms with Gasteiger partial charge in [-0.15, -0.1) is 11.3 Å². The number of halogens is 1. The number of nitrogens with zero attached hydrogens (tertiary/aromatic N) is 1. The molecule has 2 aromatic rings. The topological polar surface area (TPSA) is 86.9 Å². The first-order chi connectivity index (χ1) is 10.5. The van der Waals surface area contributed by atoms with Gasteiger partial charge in [0.05, 0.1) is 5.02 Å². The van der Waals surface area contributed by atoms with Crippen LogP contribution in [0, 0.1) is 5.92 Å². The van der Waals surface area contributed by atoms with Crippen molar-refractivity contribution in [3.05, 3.63) is 34.6 Å². The van der Waals surface area contributed by atoms with Gasteiger partial charge in [-0.1, -0.05) is 25.4 Å². The number of carbonyl (C=O) groups is 2. The van der Waals surface area contributed by atoms with E-state index < -0.39 is 6.04 Å². The second-order valence-corrected chi connectivity index (χ2v) is 6.54. The summed E-state index contributed by atoms with van der Waals surface area (Å²) in [6.07, 6.45) is 3.65. The van der Waals surface area contributed by atoms with Crippen LogP contribution in [0.15, 0.2) is 23.8 Å². The molecule has 0 bridgehead atoms. The fourth-order valence-electron chi connectivity index (χ4n) is 1.92. The predicted octanol–water partition coefficient (Wildman–Crippen LogP) is 2.91. The molecule has 0 radical (unpaired) electrons. The van der Waals surface area contributed by atoms with E-state index in [1.165, 1.54) is 23.6 Å². The number of anilines is 1. The zero-order valence-corrected chi connectivity index (χ0v) is 13.8. The first-order valence-corrected chi connectivity index (χ1v) is 8.06. The fourth-order valence-corrected chi connectivity index (χ4v) is 2.61. The van der Waals surface area contributed by atoms with Crippen molar-refractivity contribution in [2.45, 2.75) is 26.3 Å². The summed E-state index contributed by atoms with van der Waals surface area (Å²) in [5.74, 6) is -0.402. The number of nitrogens with one attached hydrogen (secondary N) is 3. The van der Waals surface area contributed by atoms with Gasteiger partial charge in [0.1, 0.15) is 11.7 Å². The number of hydrogen-bond donors (Lipinski definition) is 3. The minimum absolute atomic E-state index is 0.250. The lowest BCUT2D eigenvalue weighted by atomic mass is 10.0. The van der Waals surface area contributed by atoms with E-state index in [1.807, 2.05) is 13.8 Å². The highest BCUT2D eigenvalue weighted by Crippen LogP contribution is 2.14. The van der Waals surface area contributed by atoms with Crippen LogP contribution in [0.25, 0.3) is 0 Å². The van der Waals surface area contributed by atoms with Crippen molar-refractivity contribution in [1.82, 2.24) is 15.3 Å². The van der Waals surface area contributed by atoms with E-state index in [0.717, 1.165) is 0 Å². The Morgan fingerprint density at radius 3 is 2.77 bits per heavy atom. The molecule has 2 rings (SSSR count). The summed E-state index contributed by atoms with van der Waals surface area (Å²) >= 11 is 7.11. The lowest BCUT2D eigenvalue weighted by Gasteiger charge is -2.19. The van der Waals surface area contributed by atoms with Gasteiger partial charge in [0.25, 0.3) is 5.91 Å². The molecule has 3 N–H and O–H groups in total. The Morgan fingerprint density at radius 2 is 2.23 bits per heavy atom. The summed E-state index contributed by atoms with van der Waals surface area (Å²) in [5, 5.41) is 8.16. The smallest absolute Gasteiger partial charge is 0.268 e. The minimum Gasteiger partial charge on any atom is -0.356 e. The van der Waals surface area contributed by atoms with E-state index >= 15 is 0 Å². The van der Waals surface area contributed by atoms with Crippen molar-refractivity contribution >= 4 is 39.9 Å². The van der Waals surface area contributed by atoms with Gasteiger partial charge in [0.2, 0.25) is 5.91 Å². The van der Waals surface area contributed by atoms with Crippen LogP contribution in [-0.4, -0.2) is 27.8 Å². The molecule has 1 atom stereocenters. The summed E-state index contributed by atoms with van der Waals surface area (Å²) in [6.45, 7) is 3.97. The normalized spacial score (nSPS) is 12.2. The molecule has 2 aromatic heterocycles. The van der Waals surface area contributed by atoms with E-state index in [2.05, 4.69) is 20.6 Å². The average molecular weight is 341 g/mol. The molecule has 0 fully saturated rings. The number of hydrogen-bond acceptors (Lipinski definition) is 4. The predicted molar refractivity (Wildman–Crippen MR) is 87.3 cm³/mol. The van der Waals surface area contributed by atoms with Crippen LogP contribution < -0.4 is 10.6 Å². The maximum atomic E-state index is 12.3. The molecule has 0 saturated carbocycles. The number of aromatic nitrogens is 2. The second kappa shape index (κ2) is 7.42. The van der Waals surface area contributed by atoms with Crippen LogP contribution in [0.2, 0.25) is 5.02 Å². The van der Waals surface area contributed by atoms with Crippen LogP contribution in [-0.2, 0) is 4.79 Å². The Hall–Kier alpha value is -1.86. The number of rotatable bonds is 6. The SMILES string of the molecule is CC(C)C[C@@H](NC(=O)c1cc(Cl)c[nH]1)C(=O)Nc1nccs1. The van der Waals surface area contributed by atoms with Crippen molar-refractivity contribution in [2.75, 3.05) is 5.32 Å². The van der Waals surface area contributed by atoms with Gasteiger partial charge >= 0.3 is 0 Å². The average Bonchev–Trinajstić information content (AvgIpc) is 3.08. The molecule has 2 heterocycles. The highest BCUT2D eigenvalue weighted by molar-refractivity contribution is 7.13. The Kier molecular flexibility index (Phi) is 5.57. The molecular weight excluding hydrogens is 324 g/mol. The summed E-state index contributed by atoms with van der Waals surface area (Å²) in [4.78, 5) is 31.3. The minimum atomic E-state index is -0.640. The quantitative estimate of drug-likeness (QED) is 0.755. The summed E-state index contributed by atoms with van der Waals surface area (Å²) in [7, 11) is 0. The fraction of sp³-hybridized carbons (Fsp3) is 0.357. The molecule has 0 saturated heterocycles. The van der Waals surface area contributed by atoms with E-state index in [-0.39, 0.29) is 17.7 Å². The molecule has 0 aliphatic rings. The van der Waals surface area contributed by atoms with Gasteiger partial charge in [0, 0.05) is 17.8 Å². The van der Waals surface area contributed by atoms with Gasteiger partial charge < -0.3 is 15.6 Å². The number of aromatic amines is 1. The Bertz CT molecular complexity index is 639. The molecule has 0 aliphatic carbocycles. The van der Waals surface area contributed by atoms with Crippen LogP contribution >= 0.6 is 22.9 Å². The highest BCUT2D eigenvalue weighted by Gasteiger charge is 2.23. The van der Waals surface area contributed by atoms with E-state index in [4.69, 9.17) is 11.6 Å². The van der Waals surface area contributed by atoms with E-state index in [9.17, 15) is 9.59 Å². The van der Waals surface area contributed by atoms with Gasteiger partial charge in [-0.25, -0.2) is 4.98 Å². The summed E-state index contributed by atoms with van der Waals surface area (Å²) < 4.78 is 0. The van der Waals surface area contributed by atoms with Crippen molar-refractivity contribution in [3.8, 4) is 0 Å². The Balaban J connectivity index is 2.05. The first-order valence-electron chi connectivity index (χ1n) is 6.81. The third kappa shape index (κ3) is 4.57. The number of amides is 2. The van der Waals surface area contributed by atoms with Crippen molar-refractivity contribution < 1.29 is 9.59 Å². The van der Waals surface area contributed by atoms with Crippen molar-refractivity contribution in [3.63, 3.8) is 0 Å². The molecule has 0 unspecified atom stereocenters. The first kappa shape index (κ1) is 16.5. The molecule has 2 amide bonds. The van der Waals surface area contributed by atoms with E-state index in [1.54, 1.807) is 11.6 Å². The molecule has 0 aromatic carbocycles. The second-order valence-electron chi connectivity index (χ2n) is 5.21. The largest absolute Gasteiger partial charge is 0.356 e. The van der Waals surface area contributed by atoms with Gasteiger partial charge in [-0.2, -0.15) is 0 Å². The van der Waals surface area contributed by atoms with Gasteiger partial charge in [-0.3, -0.25) is 9.59 Å². The molecule has 118 valence electrons. The maximum Gasteiger partial charge on any atom is 0.268 e. The summed E-state index contributed by atoms with van der Waals surface area (Å²) in [6, 6.07) is 0.876. The van der Waals surface area contributed by atoms with Crippen LogP contribution in [0.5, 0.6) is 0 Å². The molecule has 22 heavy (non-hydrogen) atoms. The van der Waals surface area contributed by atoms with E-state index in [0.29, 0.717) is 22.3 Å². The summed E-state index contributed by atoms with van der Waals surface area (Å²) in [5.41, 5.74) is 0.320. The molecular formula is C14H17ClN4O2S. The number of thiazole rings is 1. The highest BCUT2D eigenvalue weighted by atomic mass is 35.5. The molecule has 8 heteroatoms. The third-order valence-electron chi connectivity index (χ3n) is 2.88. The van der Waals surface area contributed by atoms with Gasteiger partial charge in [-0.05, 0) is 18.4 Å². The third-order valence-corrected chi connectivity index (χ3v) is 3.79. The zero-order valence-electron chi connectivity index (χ0n) is 12.2. The Morgan fingerprint density at radius 1 is 1.45 bits per heavy atom. The lowest BCUT2D eigenvalue weighted by molar-refractivity contribution is -0.118. The van der Waals surface area contributed by atoms with Crippen LogP contribution in [0.4, 0.5) is 5.13 Å². The maximum absolute atomic E-state index is 12.3. The number of carbonyl (C=O) groups excluding carboxylic acids is 2. The van der Waals surface area contributed by atoms with Crippen LogP contribution in [0.3, 0.4) is 0 Å². The Labute approximate surface area is 137 Å². The zero-order chi connectivity index (χ0) is 16.1.